The maximum atomic E-state index is 14.2. The molecular weight excluding hydrogens is 919 g/mol. The van der Waals surface area contributed by atoms with Gasteiger partial charge in [0.15, 0.2) is 0 Å². The van der Waals surface area contributed by atoms with Crippen LogP contribution in [0.3, 0.4) is 0 Å². The Labute approximate surface area is 388 Å². The maximum absolute atomic E-state index is 14.2. The first-order chi connectivity index (χ1) is 31.1. The second kappa shape index (κ2) is 20.4. The molecule has 3 fully saturated rings. The van der Waals surface area contributed by atoms with Gasteiger partial charge >= 0.3 is 5.51 Å². The molecule has 2 bridgehead atoms. The average Bonchev–Trinajstić information content (AvgIpc) is 3.85. The molecule has 11 nitrogen and oxygen atoms in total. The Balaban J connectivity index is 0.930. The molecule has 348 valence electrons. The molecule has 0 aromatic heterocycles. The number of piperazine rings is 1. The van der Waals surface area contributed by atoms with Crippen molar-refractivity contribution >= 4 is 66.1 Å². The second-order valence-corrected chi connectivity index (χ2v) is 22.2. The number of nitrogens with zero attached hydrogens (tertiary/aromatic N) is 3. The average molecular weight is 973 g/mol. The first-order valence-electron chi connectivity index (χ1n) is 22.0. The van der Waals surface area contributed by atoms with Crippen molar-refractivity contribution in [2.75, 3.05) is 68.4 Å². The van der Waals surface area contributed by atoms with Crippen molar-refractivity contribution in [2.45, 2.75) is 83.3 Å². The maximum Gasteiger partial charge on any atom is 0.501 e. The number of hydrogen-bond donors (Lipinski definition) is 2. The van der Waals surface area contributed by atoms with Crippen molar-refractivity contribution in [1.82, 2.24) is 14.5 Å². The molecule has 1 amide bonds. The molecule has 4 aromatic carbocycles. The number of nitrogens with one attached hydrogen (secondary N) is 2. The summed E-state index contributed by atoms with van der Waals surface area (Å²) < 4.78 is 104. The minimum absolute atomic E-state index is 0.00366. The van der Waals surface area contributed by atoms with E-state index in [0.29, 0.717) is 31.4 Å². The third-order valence-corrected chi connectivity index (χ3v) is 17.0. The van der Waals surface area contributed by atoms with Gasteiger partial charge in [-0.2, -0.15) is 13.2 Å². The van der Waals surface area contributed by atoms with Crippen molar-refractivity contribution in [2.24, 2.45) is 0 Å². The number of amides is 1. The Bertz CT molecular complexity index is 2560. The van der Waals surface area contributed by atoms with E-state index in [1.807, 2.05) is 47.2 Å². The number of alkyl halides is 3. The first kappa shape index (κ1) is 47.4. The number of likely N-dealkylation sites (tertiary alicyclic amines) is 1. The van der Waals surface area contributed by atoms with Gasteiger partial charge in [-0.3, -0.25) is 14.6 Å². The number of carbonyl (C=O) groups excluding carboxylic acids is 1. The number of ether oxygens (including phenoxy) is 1. The smallest absolute Gasteiger partial charge is 0.380 e. The molecule has 2 N–H and O–H groups in total. The van der Waals surface area contributed by atoms with Crippen LogP contribution in [0.25, 0.3) is 5.57 Å². The normalized spacial score (nSPS) is 20.5. The van der Waals surface area contributed by atoms with E-state index < -0.39 is 52.8 Å². The number of sulfone groups is 1. The van der Waals surface area contributed by atoms with Crippen LogP contribution in [0.2, 0.25) is 5.02 Å². The molecule has 65 heavy (non-hydrogen) atoms. The predicted molar refractivity (Wildman–Crippen MR) is 250 cm³/mol. The molecule has 18 heteroatoms. The van der Waals surface area contributed by atoms with Crippen molar-refractivity contribution in [3.63, 3.8) is 0 Å². The summed E-state index contributed by atoms with van der Waals surface area (Å²) in [5.74, 6) is -0.639. The largest absolute Gasteiger partial charge is 0.501 e. The number of morpholine rings is 1. The molecule has 3 atom stereocenters. The topological polar surface area (TPSA) is 128 Å². The van der Waals surface area contributed by atoms with Gasteiger partial charge < -0.3 is 15.0 Å². The van der Waals surface area contributed by atoms with Crippen LogP contribution < -0.4 is 14.9 Å². The summed E-state index contributed by atoms with van der Waals surface area (Å²) in [4.78, 5) is 19.1. The van der Waals surface area contributed by atoms with Crippen LogP contribution in [0.15, 0.2) is 117 Å². The van der Waals surface area contributed by atoms with E-state index in [0.717, 1.165) is 86.3 Å². The summed E-state index contributed by atoms with van der Waals surface area (Å²) in [6.45, 7) is 6.01. The number of allylic oxidation sites excluding steroid dienone is 1. The molecule has 3 saturated heterocycles. The molecule has 0 saturated carbocycles. The fourth-order valence-corrected chi connectivity index (χ4v) is 12.3. The number of carbonyl (C=O) groups is 1. The molecular formula is C47H53ClF3N5O6S3. The zero-order chi connectivity index (χ0) is 45.8. The number of sulfonamides is 1. The van der Waals surface area contributed by atoms with Crippen LogP contribution in [-0.4, -0.2) is 114 Å². The van der Waals surface area contributed by atoms with E-state index in [2.05, 4.69) is 32.1 Å². The van der Waals surface area contributed by atoms with Crippen LogP contribution in [0.1, 0.15) is 60.9 Å². The zero-order valence-corrected chi connectivity index (χ0v) is 39.0. The quantitative estimate of drug-likeness (QED) is 0.105. The van der Waals surface area contributed by atoms with Gasteiger partial charge in [0, 0.05) is 84.8 Å². The molecule has 4 aromatic rings. The summed E-state index contributed by atoms with van der Waals surface area (Å²) >= 11 is 7.64. The van der Waals surface area contributed by atoms with E-state index in [1.54, 1.807) is 12.1 Å². The van der Waals surface area contributed by atoms with E-state index in [1.165, 1.54) is 59.9 Å². The molecule has 0 radical (unpaired) electrons. The zero-order valence-electron chi connectivity index (χ0n) is 35.8. The Morgan fingerprint density at radius 1 is 0.877 bits per heavy atom. The highest BCUT2D eigenvalue weighted by Crippen LogP contribution is 2.38. The molecule has 3 heterocycles. The van der Waals surface area contributed by atoms with Crippen LogP contribution in [0.5, 0.6) is 0 Å². The van der Waals surface area contributed by atoms with Crippen LogP contribution >= 0.6 is 23.4 Å². The van der Waals surface area contributed by atoms with E-state index in [-0.39, 0.29) is 17.7 Å². The van der Waals surface area contributed by atoms with Crippen molar-refractivity contribution < 1.29 is 39.5 Å². The van der Waals surface area contributed by atoms with Gasteiger partial charge in [-0.25, -0.2) is 21.6 Å². The standard InChI is InChI=1S/C47H53ClF3N5O6S3/c48-36-15-11-33(12-16-36)43-10-6-1-3-7-35(43)29-54-23-25-55(26-24-54)38-17-13-34(14-18-38)46(57)53-65(60,61)42-19-20-44(45(28-42)64(58,59)47(49,50)51)52-37(32-63-41-8-4-2-5-9-41)21-22-56-30-40-27-39(56)31-62-40/h2,4-5,8-9,11-20,28,37,39-40,52H,1,3,6-7,10,21-27,29-32H2,(H,53,57)/t37-,39?,40?/m1/s1. The van der Waals surface area contributed by atoms with Gasteiger partial charge in [-0.05, 0) is 116 Å². The lowest BCUT2D eigenvalue weighted by Gasteiger charge is -2.37. The lowest BCUT2D eigenvalue weighted by atomic mass is 9.95. The number of anilines is 2. The Kier molecular flexibility index (Phi) is 14.9. The molecule has 3 aliphatic heterocycles. The van der Waals surface area contributed by atoms with Gasteiger partial charge in [-0.1, -0.05) is 53.9 Å². The highest BCUT2D eigenvalue weighted by molar-refractivity contribution is 7.99. The Morgan fingerprint density at radius 3 is 2.28 bits per heavy atom. The summed E-state index contributed by atoms with van der Waals surface area (Å²) in [6.07, 6.45) is 7.18. The highest BCUT2D eigenvalue weighted by Gasteiger charge is 2.48. The molecule has 2 unspecified atom stereocenters. The summed E-state index contributed by atoms with van der Waals surface area (Å²) in [6, 6.07) is 26.2. The summed E-state index contributed by atoms with van der Waals surface area (Å²) in [5.41, 5.74) is -1.14. The second-order valence-electron chi connectivity index (χ2n) is 17.1. The number of benzene rings is 4. The predicted octanol–water partition coefficient (Wildman–Crippen LogP) is 8.73. The van der Waals surface area contributed by atoms with Crippen LogP contribution in [0.4, 0.5) is 24.5 Å². The number of rotatable bonds is 16. The molecule has 0 spiro atoms. The van der Waals surface area contributed by atoms with Gasteiger partial charge in [0.1, 0.15) is 4.90 Å². The fourth-order valence-electron chi connectivity index (χ4n) is 9.16. The number of thioether (sulfide) groups is 1. The molecule has 1 aliphatic carbocycles. The number of halogens is 4. The van der Waals surface area contributed by atoms with Gasteiger partial charge in [0.25, 0.3) is 25.8 Å². The molecule has 4 aliphatic rings. The minimum atomic E-state index is -6.05. The van der Waals surface area contributed by atoms with Gasteiger partial charge in [-0.15, -0.1) is 11.8 Å². The fraction of sp³-hybridized carbons (Fsp3) is 0.426. The van der Waals surface area contributed by atoms with Crippen molar-refractivity contribution in [3.05, 3.63) is 119 Å². The number of fused-ring (bicyclic) bond motifs is 2. The lowest BCUT2D eigenvalue weighted by Crippen LogP contribution is -2.47. The highest BCUT2D eigenvalue weighted by atomic mass is 35.5. The monoisotopic (exact) mass is 971 g/mol. The number of hydrogen-bond acceptors (Lipinski definition) is 11. The van der Waals surface area contributed by atoms with Crippen LogP contribution in [-0.2, 0) is 24.6 Å². The first-order valence-corrected chi connectivity index (χ1v) is 26.3. The third-order valence-electron chi connectivity index (χ3n) is 12.7. The SMILES string of the molecule is O=C(NS(=O)(=O)c1ccc(N[C@H](CCN2CC3CC2CO3)CSc2ccccc2)c(S(=O)(=O)C(F)(F)F)c1)c1ccc(N2CCN(CC3=C(c4ccc(Cl)cc4)CCCCC3)CC2)cc1. The summed E-state index contributed by atoms with van der Waals surface area (Å²) in [7, 11) is -10.9. The van der Waals surface area contributed by atoms with Crippen molar-refractivity contribution in [1.29, 1.82) is 0 Å². The van der Waals surface area contributed by atoms with Gasteiger partial charge in [0.05, 0.1) is 23.3 Å². The van der Waals surface area contributed by atoms with Crippen LogP contribution in [0, 0.1) is 0 Å². The molecule has 8 rings (SSSR count). The summed E-state index contributed by atoms with van der Waals surface area (Å²) in [5, 5.41) is 3.74. The van der Waals surface area contributed by atoms with E-state index in [4.69, 9.17) is 16.3 Å². The Morgan fingerprint density at radius 2 is 1.60 bits per heavy atom. The third kappa shape index (κ3) is 11.5. The minimum Gasteiger partial charge on any atom is -0.380 e. The lowest BCUT2D eigenvalue weighted by molar-refractivity contribution is -0.0435. The Hall–Kier alpha value is -4.10. The van der Waals surface area contributed by atoms with E-state index in [9.17, 15) is 34.8 Å². The van der Waals surface area contributed by atoms with Crippen molar-refractivity contribution in [3.8, 4) is 0 Å². The van der Waals surface area contributed by atoms with Gasteiger partial charge in [0.2, 0.25) is 0 Å². The van der Waals surface area contributed by atoms with E-state index >= 15 is 0 Å².